The van der Waals surface area contributed by atoms with Crippen LogP contribution in [-0.2, 0) is 0 Å². The summed E-state index contributed by atoms with van der Waals surface area (Å²) >= 11 is 0. The lowest BCUT2D eigenvalue weighted by molar-refractivity contribution is 0.182. The molecule has 0 amide bonds. The molecule has 0 fully saturated rings. The standard InChI is InChI=1S/C13H21NO/c1-3-13(14-10-9-11(2)15)12-7-5-4-6-8-12/h4-8,11,13-15H,3,9-10H2,1-2H3/t11-,13-/m0/s1. The molecular formula is C13H21NO. The first-order valence-electron chi connectivity index (χ1n) is 5.70. The van der Waals surface area contributed by atoms with Gasteiger partial charge in [0, 0.05) is 6.04 Å². The number of aliphatic hydroxyl groups is 1. The molecule has 0 bridgehead atoms. The van der Waals surface area contributed by atoms with Crippen molar-refractivity contribution in [3.63, 3.8) is 0 Å². The van der Waals surface area contributed by atoms with Gasteiger partial charge >= 0.3 is 0 Å². The van der Waals surface area contributed by atoms with E-state index in [0.29, 0.717) is 6.04 Å². The molecule has 0 aromatic heterocycles. The van der Waals surface area contributed by atoms with Crippen LogP contribution in [0, 0.1) is 0 Å². The molecule has 2 nitrogen and oxygen atoms in total. The van der Waals surface area contributed by atoms with E-state index in [4.69, 9.17) is 5.11 Å². The molecule has 2 heteroatoms. The highest BCUT2D eigenvalue weighted by Gasteiger charge is 2.07. The van der Waals surface area contributed by atoms with E-state index in [1.165, 1.54) is 5.56 Å². The number of hydrogen-bond donors (Lipinski definition) is 2. The summed E-state index contributed by atoms with van der Waals surface area (Å²) in [6, 6.07) is 10.9. The zero-order valence-corrected chi connectivity index (χ0v) is 9.61. The van der Waals surface area contributed by atoms with E-state index in [2.05, 4.69) is 36.5 Å². The molecule has 0 saturated heterocycles. The Kier molecular flexibility index (Phi) is 5.37. The lowest BCUT2D eigenvalue weighted by Gasteiger charge is -2.17. The van der Waals surface area contributed by atoms with Crippen LogP contribution in [0.25, 0.3) is 0 Å². The first-order chi connectivity index (χ1) is 7.24. The van der Waals surface area contributed by atoms with Gasteiger partial charge in [-0.3, -0.25) is 0 Å². The third-order valence-electron chi connectivity index (χ3n) is 2.56. The highest BCUT2D eigenvalue weighted by Crippen LogP contribution is 2.15. The molecule has 0 heterocycles. The van der Waals surface area contributed by atoms with Gasteiger partial charge in [0.25, 0.3) is 0 Å². The largest absolute Gasteiger partial charge is 0.393 e. The van der Waals surface area contributed by atoms with Crippen molar-refractivity contribution in [2.75, 3.05) is 6.54 Å². The number of hydrogen-bond acceptors (Lipinski definition) is 2. The molecule has 2 atom stereocenters. The van der Waals surface area contributed by atoms with Crippen LogP contribution in [0.2, 0.25) is 0 Å². The van der Waals surface area contributed by atoms with Crippen molar-refractivity contribution >= 4 is 0 Å². The van der Waals surface area contributed by atoms with E-state index < -0.39 is 0 Å². The van der Waals surface area contributed by atoms with Gasteiger partial charge in [-0.05, 0) is 31.9 Å². The van der Waals surface area contributed by atoms with Crippen LogP contribution in [-0.4, -0.2) is 17.8 Å². The van der Waals surface area contributed by atoms with E-state index in [-0.39, 0.29) is 6.10 Å². The second-order valence-corrected chi connectivity index (χ2v) is 3.96. The second kappa shape index (κ2) is 6.59. The Balaban J connectivity index is 2.43. The lowest BCUT2D eigenvalue weighted by atomic mass is 10.0. The molecule has 0 aliphatic rings. The van der Waals surface area contributed by atoms with Crippen molar-refractivity contribution in [1.29, 1.82) is 0 Å². The summed E-state index contributed by atoms with van der Waals surface area (Å²) in [6.07, 6.45) is 1.67. The van der Waals surface area contributed by atoms with Gasteiger partial charge in [-0.2, -0.15) is 0 Å². The van der Waals surface area contributed by atoms with E-state index in [9.17, 15) is 0 Å². The van der Waals surface area contributed by atoms with E-state index in [1.807, 2.05) is 13.0 Å². The molecule has 2 N–H and O–H groups in total. The molecule has 1 aromatic carbocycles. The van der Waals surface area contributed by atoms with Crippen LogP contribution in [0.5, 0.6) is 0 Å². The van der Waals surface area contributed by atoms with Crippen molar-refractivity contribution in [2.45, 2.75) is 38.8 Å². The monoisotopic (exact) mass is 207 g/mol. The predicted molar refractivity (Wildman–Crippen MR) is 63.8 cm³/mol. The highest BCUT2D eigenvalue weighted by molar-refractivity contribution is 5.18. The third kappa shape index (κ3) is 4.45. The molecule has 1 aromatic rings. The Hall–Kier alpha value is -0.860. The Morgan fingerprint density at radius 2 is 1.93 bits per heavy atom. The molecule has 1 rings (SSSR count). The maximum absolute atomic E-state index is 9.17. The maximum Gasteiger partial charge on any atom is 0.0524 e. The molecule has 0 saturated carbocycles. The molecule has 0 aliphatic carbocycles. The molecule has 0 unspecified atom stereocenters. The fourth-order valence-electron chi connectivity index (χ4n) is 1.65. The molecule has 84 valence electrons. The first-order valence-corrected chi connectivity index (χ1v) is 5.70. The number of benzene rings is 1. The highest BCUT2D eigenvalue weighted by atomic mass is 16.3. The summed E-state index contributed by atoms with van der Waals surface area (Å²) in [5, 5.41) is 12.6. The minimum absolute atomic E-state index is 0.217. The van der Waals surface area contributed by atoms with E-state index in [0.717, 1.165) is 19.4 Å². The van der Waals surface area contributed by atoms with Crippen LogP contribution in [0.15, 0.2) is 30.3 Å². The average molecular weight is 207 g/mol. The number of rotatable bonds is 6. The summed E-state index contributed by atoms with van der Waals surface area (Å²) in [4.78, 5) is 0. The quantitative estimate of drug-likeness (QED) is 0.751. The zero-order chi connectivity index (χ0) is 11.1. The number of nitrogens with one attached hydrogen (secondary N) is 1. The minimum Gasteiger partial charge on any atom is -0.393 e. The maximum atomic E-state index is 9.17. The fourth-order valence-corrected chi connectivity index (χ4v) is 1.65. The predicted octanol–water partition coefficient (Wildman–Crippen LogP) is 2.50. The van der Waals surface area contributed by atoms with Gasteiger partial charge in [0.2, 0.25) is 0 Å². The lowest BCUT2D eigenvalue weighted by Crippen LogP contribution is -2.24. The molecule has 0 spiro atoms. The summed E-state index contributed by atoms with van der Waals surface area (Å²) in [5.41, 5.74) is 1.32. The van der Waals surface area contributed by atoms with Crippen molar-refractivity contribution in [3.05, 3.63) is 35.9 Å². The van der Waals surface area contributed by atoms with E-state index >= 15 is 0 Å². The topological polar surface area (TPSA) is 32.3 Å². The van der Waals surface area contributed by atoms with Gasteiger partial charge < -0.3 is 10.4 Å². The molecular weight excluding hydrogens is 186 g/mol. The van der Waals surface area contributed by atoms with Crippen LogP contribution < -0.4 is 5.32 Å². The first kappa shape index (κ1) is 12.2. The van der Waals surface area contributed by atoms with Crippen LogP contribution in [0.1, 0.15) is 38.3 Å². The molecule has 15 heavy (non-hydrogen) atoms. The van der Waals surface area contributed by atoms with Gasteiger partial charge in [0.1, 0.15) is 0 Å². The van der Waals surface area contributed by atoms with Crippen molar-refractivity contribution in [3.8, 4) is 0 Å². The Bertz CT molecular complexity index is 258. The molecule has 0 radical (unpaired) electrons. The van der Waals surface area contributed by atoms with Gasteiger partial charge in [0.15, 0.2) is 0 Å². The van der Waals surface area contributed by atoms with Gasteiger partial charge in [-0.15, -0.1) is 0 Å². The third-order valence-corrected chi connectivity index (χ3v) is 2.56. The van der Waals surface area contributed by atoms with E-state index in [1.54, 1.807) is 0 Å². The van der Waals surface area contributed by atoms with Crippen molar-refractivity contribution in [1.82, 2.24) is 5.32 Å². The van der Waals surface area contributed by atoms with Crippen LogP contribution in [0.3, 0.4) is 0 Å². The van der Waals surface area contributed by atoms with Crippen LogP contribution in [0.4, 0.5) is 0 Å². The minimum atomic E-state index is -0.217. The van der Waals surface area contributed by atoms with Crippen LogP contribution >= 0.6 is 0 Å². The second-order valence-electron chi connectivity index (χ2n) is 3.96. The summed E-state index contributed by atoms with van der Waals surface area (Å²) in [7, 11) is 0. The average Bonchev–Trinajstić information content (AvgIpc) is 2.25. The zero-order valence-electron chi connectivity index (χ0n) is 9.61. The fraction of sp³-hybridized carbons (Fsp3) is 0.538. The van der Waals surface area contributed by atoms with Gasteiger partial charge in [-0.1, -0.05) is 37.3 Å². The van der Waals surface area contributed by atoms with Gasteiger partial charge in [0.05, 0.1) is 6.10 Å². The Morgan fingerprint density at radius 1 is 1.27 bits per heavy atom. The van der Waals surface area contributed by atoms with Crippen molar-refractivity contribution in [2.24, 2.45) is 0 Å². The SMILES string of the molecule is CC[C@H](NCC[C@H](C)O)c1ccccc1. The van der Waals surface area contributed by atoms with Crippen molar-refractivity contribution < 1.29 is 5.11 Å². The smallest absolute Gasteiger partial charge is 0.0524 e. The summed E-state index contributed by atoms with van der Waals surface area (Å²) in [6.45, 7) is 4.86. The Morgan fingerprint density at radius 3 is 2.47 bits per heavy atom. The Labute approximate surface area is 92.3 Å². The summed E-state index contributed by atoms with van der Waals surface area (Å²) < 4.78 is 0. The number of aliphatic hydroxyl groups excluding tert-OH is 1. The molecule has 0 aliphatic heterocycles. The summed E-state index contributed by atoms with van der Waals surface area (Å²) in [5.74, 6) is 0. The van der Waals surface area contributed by atoms with Gasteiger partial charge in [-0.25, -0.2) is 0 Å². The normalized spacial score (nSPS) is 14.9.